The highest BCUT2D eigenvalue weighted by atomic mass is 16.5. The third kappa shape index (κ3) is 2.64. The Bertz CT molecular complexity index is 246. The molecule has 1 atom stereocenters. The summed E-state index contributed by atoms with van der Waals surface area (Å²) in [5, 5.41) is 3.05. The molecule has 0 aromatic carbocycles. The summed E-state index contributed by atoms with van der Waals surface area (Å²) in [6.07, 6.45) is 7.48. The maximum absolute atomic E-state index is 12.0. The predicted molar refractivity (Wildman–Crippen MR) is 63.4 cm³/mol. The molecule has 16 heavy (non-hydrogen) atoms. The quantitative estimate of drug-likeness (QED) is 0.794. The summed E-state index contributed by atoms with van der Waals surface area (Å²) in [7, 11) is 1.90. The summed E-state index contributed by atoms with van der Waals surface area (Å²) in [4.78, 5) is 12.0. The molecule has 0 aromatic rings. The van der Waals surface area contributed by atoms with Crippen LogP contribution in [-0.2, 0) is 9.53 Å². The molecule has 92 valence electrons. The molecular weight excluding hydrogens is 202 g/mol. The van der Waals surface area contributed by atoms with Crippen LogP contribution in [0.5, 0.6) is 0 Å². The van der Waals surface area contributed by atoms with Crippen LogP contribution in [0.2, 0.25) is 0 Å². The van der Waals surface area contributed by atoms with Gasteiger partial charge in [-0.3, -0.25) is 4.79 Å². The lowest BCUT2D eigenvalue weighted by molar-refractivity contribution is -0.136. The number of hydrogen-bond acceptors (Lipinski definition) is 3. The number of ketones is 1. The van der Waals surface area contributed by atoms with Gasteiger partial charge in [-0.1, -0.05) is 12.8 Å². The Kier molecular flexibility index (Phi) is 3.98. The molecule has 0 bridgehead atoms. The van der Waals surface area contributed by atoms with Crippen LogP contribution in [-0.4, -0.2) is 31.6 Å². The molecule has 3 heteroatoms. The molecule has 0 radical (unpaired) electrons. The molecule has 1 heterocycles. The zero-order valence-corrected chi connectivity index (χ0v) is 10.3. The lowest BCUT2D eigenvalue weighted by Crippen LogP contribution is -2.40. The average molecular weight is 225 g/mol. The number of carbonyl (C=O) groups is 1. The normalized spacial score (nSPS) is 28.4. The van der Waals surface area contributed by atoms with Gasteiger partial charge >= 0.3 is 0 Å². The number of hydrogen-bond donors (Lipinski definition) is 1. The Morgan fingerprint density at radius 3 is 2.88 bits per heavy atom. The molecule has 3 nitrogen and oxygen atoms in total. The molecule has 0 aromatic heterocycles. The van der Waals surface area contributed by atoms with Gasteiger partial charge in [-0.05, 0) is 32.7 Å². The highest BCUT2D eigenvalue weighted by Gasteiger charge is 2.41. The molecule has 1 aliphatic heterocycles. The maximum Gasteiger partial charge on any atom is 0.137 e. The van der Waals surface area contributed by atoms with Crippen molar-refractivity contribution in [3.8, 4) is 0 Å². The Balaban J connectivity index is 1.88. The van der Waals surface area contributed by atoms with Crippen molar-refractivity contribution in [3.05, 3.63) is 0 Å². The molecule has 1 saturated heterocycles. The first-order valence-electron chi connectivity index (χ1n) is 6.57. The topological polar surface area (TPSA) is 38.3 Å². The molecular formula is C13H23NO2. The smallest absolute Gasteiger partial charge is 0.137 e. The van der Waals surface area contributed by atoms with Gasteiger partial charge in [-0.2, -0.15) is 0 Å². The number of carbonyl (C=O) groups excluding carboxylic acids is 1. The summed E-state index contributed by atoms with van der Waals surface area (Å²) in [6.45, 7) is 1.60. The van der Waals surface area contributed by atoms with Gasteiger partial charge in [0.25, 0.3) is 0 Å². The minimum atomic E-state index is 0.0816. The van der Waals surface area contributed by atoms with Crippen LogP contribution < -0.4 is 5.32 Å². The van der Waals surface area contributed by atoms with Gasteiger partial charge in [-0.25, -0.2) is 0 Å². The highest BCUT2D eigenvalue weighted by Crippen LogP contribution is 2.42. The second-order valence-corrected chi connectivity index (χ2v) is 5.25. The Morgan fingerprint density at radius 2 is 2.19 bits per heavy atom. The highest BCUT2D eigenvalue weighted by molar-refractivity contribution is 5.81. The monoisotopic (exact) mass is 225 g/mol. The Labute approximate surface area is 97.9 Å². The SMILES string of the molecule is CNCCC(=O)C1CCOC2(CCCC2)C1. The fraction of sp³-hybridized carbons (Fsp3) is 0.923. The van der Waals surface area contributed by atoms with E-state index in [0.717, 1.165) is 26.0 Å². The summed E-state index contributed by atoms with van der Waals surface area (Å²) >= 11 is 0. The van der Waals surface area contributed by atoms with E-state index in [-0.39, 0.29) is 11.5 Å². The second kappa shape index (κ2) is 5.28. The van der Waals surface area contributed by atoms with Crippen molar-refractivity contribution in [3.63, 3.8) is 0 Å². The van der Waals surface area contributed by atoms with Gasteiger partial charge in [0.05, 0.1) is 5.60 Å². The maximum atomic E-state index is 12.0. The van der Waals surface area contributed by atoms with Crippen molar-refractivity contribution in [1.82, 2.24) is 5.32 Å². The first-order valence-corrected chi connectivity index (χ1v) is 6.57. The zero-order valence-electron chi connectivity index (χ0n) is 10.3. The van der Waals surface area contributed by atoms with E-state index < -0.39 is 0 Å². The van der Waals surface area contributed by atoms with Crippen LogP contribution in [0.1, 0.15) is 44.9 Å². The van der Waals surface area contributed by atoms with Gasteiger partial charge in [-0.15, -0.1) is 0 Å². The lowest BCUT2D eigenvalue weighted by Gasteiger charge is -2.37. The van der Waals surface area contributed by atoms with E-state index in [2.05, 4.69) is 5.32 Å². The largest absolute Gasteiger partial charge is 0.375 e. The number of Topliss-reactive ketones (excluding diaryl/α,β-unsaturated/α-hetero) is 1. The van der Waals surface area contributed by atoms with Crippen LogP contribution in [0.25, 0.3) is 0 Å². The van der Waals surface area contributed by atoms with Crippen LogP contribution in [0.4, 0.5) is 0 Å². The lowest BCUT2D eigenvalue weighted by atomic mass is 9.81. The number of ether oxygens (including phenoxy) is 1. The molecule has 2 rings (SSSR count). The predicted octanol–water partition coefficient (Wildman–Crippen LogP) is 1.90. The van der Waals surface area contributed by atoms with Crippen LogP contribution in [0.3, 0.4) is 0 Å². The van der Waals surface area contributed by atoms with Gasteiger partial charge in [0, 0.05) is 25.5 Å². The fourth-order valence-corrected chi connectivity index (χ4v) is 3.12. The van der Waals surface area contributed by atoms with Crippen molar-refractivity contribution in [1.29, 1.82) is 0 Å². The van der Waals surface area contributed by atoms with E-state index in [0.29, 0.717) is 12.2 Å². The molecule has 1 unspecified atom stereocenters. The van der Waals surface area contributed by atoms with Gasteiger partial charge in [0.15, 0.2) is 0 Å². The summed E-state index contributed by atoms with van der Waals surface area (Å²) in [6, 6.07) is 0. The van der Waals surface area contributed by atoms with Crippen molar-refractivity contribution in [2.75, 3.05) is 20.2 Å². The second-order valence-electron chi connectivity index (χ2n) is 5.25. The van der Waals surface area contributed by atoms with Crippen molar-refractivity contribution in [2.24, 2.45) is 5.92 Å². The van der Waals surface area contributed by atoms with E-state index in [1.54, 1.807) is 0 Å². The van der Waals surface area contributed by atoms with Crippen molar-refractivity contribution < 1.29 is 9.53 Å². The molecule has 1 saturated carbocycles. The number of rotatable bonds is 4. The fourth-order valence-electron chi connectivity index (χ4n) is 3.12. The first-order chi connectivity index (χ1) is 7.76. The third-order valence-electron chi connectivity index (χ3n) is 4.08. The Morgan fingerprint density at radius 1 is 1.44 bits per heavy atom. The summed E-state index contributed by atoms with van der Waals surface area (Å²) < 4.78 is 5.94. The zero-order chi connectivity index (χ0) is 11.4. The summed E-state index contributed by atoms with van der Waals surface area (Å²) in [5.74, 6) is 0.698. The van der Waals surface area contributed by atoms with E-state index in [1.807, 2.05) is 7.05 Å². The Hall–Kier alpha value is -0.410. The minimum absolute atomic E-state index is 0.0816. The third-order valence-corrected chi connectivity index (χ3v) is 4.08. The van der Waals surface area contributed by atoms with Crippen LogP contribution >= 0.6 is 0 Å². The van der Waals surface area contributed by atoms with Crippen molar-refractivity contribution in [2.45, 2.75) is 50.5 Å². The first kappa shape index (κ1) is 12.1. The minimum Gasteiger partial charge on any atom is -0.375 e. The molecule has 2 fully saturated rings. The molecule has 0 amide bonds. The molecule has 1 N–H and O–H groups in total. The van der Waals surface area contributed by atoms with Gasteiger partial charge in [0.1, 0.15) is 5.78 Å². The standard InChI is InChI=1S/C13H23NO2/c1-14-8-4-12(15)11-5-9-16-13(10-11)6-2-3-7-13/h11,14H,2-10H2,1H3. The average Bonchev–Trinajstić information content (AvgIpc) is 2.74. The molecule has 1 spiro atoms. The van der Waals surface area contributed by atoms with Crippen LogP contribution in [0.15, 0.2) is 0 Å². The number of nitrogens with one attached hydrogen (secondary N) is 1. The van der Waals surface area contributed by atoms with E-state index in [1.165, 1.54) is 25.7 Å². The van der Waals surface area contributed by atoms with Crippen molar-refractivity contribution >= 4 is 5.78 Å². The molecule has 2 aliphatic rings. The van der Waals surface area contributed by atoms with E-state index >= 15 is 0 Å². The van der Waals surface area contributed by atoms with E-state index in [4.69, 9.17) is 4.74 Å². The molecule has 1 aliphatic carbocycles. The van der Waals surface area contributed by atoms with Gasteiger partial charge in [0.2, 0.25) is 0 Å². The van der Waals surface area contributed by atoms with Crippen LogP contribution in [0, 0.1) is 5.92 Å². The van der Waals surface area contributed by atoms with E-state index in [9.17, 15) is 4.79 Å². The van der Waals surface area contributed by atoms with Gasteiger partial charge < -0.3 is 10.1 Å². The summed E-state index contributed by atoms with van der Waals surface area (Å²) in [5.41, 5.74) is 0.0816.